The third-order valence-electron chi connectivity index (χ3n) is 9.22. The largest absolute Gasteiger partial charge is 0.471 e. The predicted molar refractivity (Wildman–Crippen MR) is 183 cm³/mol. The highest BCUT2D eigenvalue weighted by atomic mass is 32.2. The Hall–Kier alpha value is -2.77. The lowest BCUT2D eigenvalue weighted by molar-refractivity contribution is -0.669. The van der Waals surface area contributed by atoms with Crippen molar-refractivity contribution >= 4 is 47.9 Å². The number of hydrogen-bond acceptors (Lipinski definition) is 7. The van der Waals surface area contributed by atoms with Gasteiger partial charge in [0.05, 0.1) is 18.1 Å². The SMILES string of the molecule is Cc1cc2sc(/C=C/C=C3\OC4(CCC(c5ccccc5)CC4)CN3CCCCS(=O)(=O)O)[n+](CCCCS(=O)(=O)O)c2cc1C. The summed E-state index contributed by atoms with van der Waals surface area (Å²) in [6.07, 6.45) is 12.0. The van der Waals surface area contributed by atoms with E-state index in [0.717, 1.165) is 53.3 Å². The minimum absolute atomic E-state index is 0.250. The molecule has 1 spiro atoms. The molecule has 2 aromatic carbocycles. The molecule has 0 bridgehead atoms. The molecule has 0 unspecified atom stereocenters. The molecule has 250 valence electrons. The van der Waals surface area contributed by atoms with E-state index in [9.17, 15) is 21.4 Å². The zero-order valence-electron chi connectivity index (χ0n) is 26.6. The van der Waals surface area contributed by atoms with Crippen LogP contribution in [0, 0.1) is 13.8 Å². The van der Waals surface area contributed by atoms with Crippen LogP contribution in [0.2, 0.25) is 0 Å². The van der Waals surface area contributed by atoms with Crippen LogP contribution in [0.15, 0.2) is 60.5 Å². The first kappa shape index (κ1) is 34.6. The summed E-state index contributed by atoms with van der Waals surface area (Å²) >= 11 is 1.68. The Kier molecular flexibility index (Phi) is 10.9. The summed E-state index contributed by atoms with van der Waals surface area (Å²) in [4.78, 5) is 2.21. The first-order valence-electron chi connectivity index (χ1n) is 16.0. The van der Waals surface area contributed by atoms with E-state index >= 15 is 0 Å². The Morgan fingerprint density at radius 3 is 2.28 bits per heavy atom. The molecular formula is C34H45N2O7S3+. The van der Waals surface area contributed by atoms with Crippen molar-refractivity contribution in [2.24, 2.45) is 0 Å². The fourth-order valence-electron chi connectivity index (χ4n) is 6.60. The van der Waals surface area contributed by atoms with Gasteiger partial charge in [-0.2, -0.15) is 21.4 Å². The van der Waals surface area contributed by atoms with Crippen molar-refractivity contribution in [2.45, 2.75) is 83.3 Å². The Labute approximate surface area is 277 Å². The first-order valence-corrected chi connectivity index (χ1v) is 20.1. The molecule has 0 atom stereocenters. The number of thiazole rings is 1. The van der Waals surface area contributed by atoms with Gasteiger partial charge in [0.1, 0.15) is 10.3 Å². The molecule has 12 heteroatoms. The van der Waals surface area contributed by atoms with E-state index in [-0.39, 0.29) is 17.1 Å². The third kappa shape index (κ3) is 9.19. The second-order valence-corrected chi connectivity index (χ2v) is 16.9. The lowest BCUT2D eigenvalue weighted by Crippen LogP contribution is -2.38. The lowest BCUT2D eigenvalue weighted by atomic mass is 9.76. The summed E-state index contributed by atoms with van der Waals surface area (Å²) in [7, 11) is -7.99. The number of aromatic nitrogens is 1. The molecule has 1 aromatic heterocycles. The van der Waals surface area contributed by atoms with Crippen molar-refractivity contribution in [1.82, 2.24) is 4.90 Å². The fourth-order valence-corrected chi connectivity index (χ4v) is 8.92. The number of allylic oxidation sites excluding steroid dienone is 2. The maximum absolute atomic E-state index is 11.3. The minimum Gasteiger partial charge on any atom is -0.471 e. The molecule has 0 radical (unpaired) electrons. The molecule has 2 fully saturated rings. The van der Waals surface area contributed by atoms with Crippen LogP contribution in [0.3, 0.4) is 0 Å². The molecule has 5 rings (SSSR count). The Balaban J connectivity index is 1.35. The van der Waals surface area contributed by atoms with Gasteiger partial charge in [-0.05, 0) is 99.6 Å². The quantitative estimate of drug-likeness (QED) is 0.120. The van der Waals surface area contributed by atoms with Crippen LogP contribution in [0.4, 0.5) is 0 Å². The lowest BCUT2D eigenvalue weighted by Gasteiger charge is -2.35. The van der Waals surface area contributed by atoms with Crippen LogP contribution < -0.4 is 4.57 Å². The molecule has 2 heterocycles. The van der Waals surface area contributed by atoms with Crippen molar-refractivity contribution < 1.29 is 35.2 Å². The van der Waals surface area contributed by atoms with Gasteiger partial charge in [-0.1, -0.05) is 41.7 Å². The smallest absolute Gasteiger partial charge is 0.264 e. The summed E-state index contributed by atoms with van der Waals surface area (Å²) in [5, 5.41) is 1.03. The second-order valence-electron chi connectivity index (χ2n) is 12.7. The van der Waals surface area contributed by atoms with Crippen molar-refractivity contribution in [3.05, 3.63) is 82.2 Å². The number of benzene rings is 2. The summed E-state index contributed by atoms with van der Waals surface area (Å²) in [5.41, 5.74) is 4.58. The zero-order chi connectivity index (χ0) is 33.0. The minimum atomic E-state index is -3.99. The number of aryl methyl sites for hydroxylation is 3. The highest BCUT2D eigenvalue weighted by molar-refractivity contribution is 7.86. The van der Waals surface area contributed by atoms with Gasteiger partial charge >= 0.3 is 0 Å². The van der Waals surface area contributed by atoms with Gasteiger partial charge in [0.2, 0.25) is 5.52 Å². The summed E-state index contributed by atoms with van der Waals surface area (Å²) in [6, 6.07) is 15.0. The van der Waals surface area contributed by atoms with Gasteiger partial charge in [-0.3, -0.25) is 9.11 Å². The monoisotopic (exact) mass is 689 g/mol. The third-order valence-corrected chi connectivity index (χ3v) is 11.9. The number of fused-ring (bicyclic) bond motifs is 1. The maximum Gasteiger partial charge on any atom is 0.264 e. The second kappa shape index (κ2) is 14.6. The highest BCUT2D eigenvalue weighted by Gasteiger charge is 2.45. The van der Waals surface area contributed by atoms with Crippen LogP contribution in [0.5, 0.6) is 0 Å². The molecule has 0 amide bonds. The number of nitrogens with zero attached hydrogens (tertiary/aromatic N) is 2. The normalized spacial score (nSPS) is 21.6. The average Bonchev–Trinajstić information content (AvgIpc) is 3.50. The van der Waals surface area contributed by atoms with Crippen LogP contribution in [0.25, 0.3) is 16.3 Å². The molecular weight excluding hydrogens is 645 g/mol. The van der Waals surface area contributed by atoms with Gasteiger partial charge in [0.25, 0.3) is 25.2 Å². The molecule has 2 N–H and O–H groups in total. The topological polar surface area (TPSA) is 125 Å². The standard InChI is InChI=1S/C34H44N2O7S3/c1-26-23-30-31(24-27(26)2)44-33(36(30)20-7-9-22-46(40,41)42)14-10-13-32-35(19-6-8-21-45(37,38)39)25-34(43-32)17-15-29(16-18-34)28-11-4-3-5-12-28/h3-5,10-14,23-24,29H,6-9,15-22,25H2,1-2H3,(H-,37,38,39,40,41,42)/p+1. The van der Waals surface area contributed by atoms with Crippen LogP contribution in [0.1, 0.15) is 79.0 Å². The Bertz CT molecular complexity index is 1790. The van der Waals surface area contributed by atoms with Crippen molar-refractivity contribution in [3.63, 3.8) is 0 Å². The van der Waals surface area contributed by atoms with Gasteiger partial charge < -0.3 is 9.64 Å². The van der Waals surface area contributed by atoms with E-state index in [0.29, 0.717) is 44.7 Å². The molecule has 1 aliphatic heterocycles. The Morgan fingerprint density at radius 2 is 1.61 bits per heavy atom. The molecule has 9 nitrogen and oxygen atoms in total. The van der Waals surface area contributed by atoms with Crippen LogP contribution in [-0.2, 0) is 31.5 Å². The Morgan fingerprint density at radius 1 is 0.957 bits per heavy atom. The fraction of sp³-hybridized carbons (Fsp3) is 0.500. The number of ether oxygens (including phenoxy) is 1. The zero-order valence-corrected chi connectivity index (χ0v) is 29.0. The summed E-state index contributed by atoms with van der Waals surface area (Å²) < 4.78 is 73.5. The first-order chi connectivity index (χ1) is 21.8. The van der Waals surface area contributed by atoms with E-state index in [2.05, 4.69) is 65.8 Å². The van der Waals surface area contributed by atoms with E-state index in [4.69, 9.17) is 9.29 Å². The summed E-state index contributed by atoms with van der Waals surface area (Å²) in [5.74, 6) is 0.782. The molecule has 1 aliphatic carbocycles. The van der Waals surface area contributed by atoms with Crippen molar-refractivity contribution in [1.29, 1.82) is 0 Å². The molecule has 1 saturated carbocycles. The van der Waals surface area contributed by atoms with E-state index in [1.54, 1.807) is 11.3 Å². The van der Waals surface area contributed by atoms with E-state index in [1.807, 2.05) is 18.2 Å². The van der Waals surface area contributed by atoms with Crippen molar-refractivity contribution in [2.75, 3.05) is 24.6 Å². The molecule has 46 heavy (non-hydrogen) atoms. The highest BCUT2D eigenvalue weighted by Crippen LogP contribution is 2.45. The molecule has 3 aromatic rings. The van der Waals surface area contributed by atoms with Crippen molar-refractivity contribution in [3.8, 4) is 0 Å². The molecule has 2 aliphatic rings. The van der Waals surface area contributed by atoms with E-state index in [1.165, 1.54) is 16.7 Å². The average molecular weight is 690 g/mol. The maximum atomic E-state index is 11.3. The molecule has 1 saturated heterocycles. The van der Waals surface area contributed by atoms with Crippen LogP contribution in [-0.4, -0.2) is 61.0 Å². The van der Waals surface area contributed by atoms with Gasteiger partial charge in [-0.25, -0.2) is 0 Å². The number of rotatable bonds is 13. The van der Waals surface area contributed by atoms with Gasteiger partial charge in [0.15, 0.2) is 12.4 Å². The predicted octanol–water partition coefficient (Wildman–Crippen LogP) is 6.43. The number of hydrogen-bond donors (Lipinski definition) is 2. The van der Waals surface area contributed by atoms with E-state index < -0.39 is 20.2 Å². The summed E-state index contributed by atoms with van der Waals surface area (Å²) in [6.45, 7) is 6.18. The number of unbranched alkanes of at least 4 members (excludes halogenated alkanes) is 2. The van der Waals surface area contributed by atoms with Gasteiger partial charge in [-0.15, -0.1) is 0 Å². The van der Waals surface area contributed by atoms with Crippen LogP contribution >= 0.6 is 11.3 Å². The van der Waals surface area contributed by atoms with Gasteiger partial charge in [0, 0.05) is 25.1 Å².